The fourth-order valence-corrected chi connectivity index (χ4v) is 1.06. The van der Waals surface area contributed by atoms with Crippen LogP contribution in [0.1, 0.15) is 19.3 Å². The van der Waals surface area contributed by atoms with Gasteiger partial charge in [0.15, 0.2) is 0 Å². The van der Waals surface area contributed by atoms with Crippen LogP contribution in [0.2, 0.25) is 0 Å². The van der Waals surface area contributed by atoms with Crippen LogP contribution in [0.15, 0.2) is 0 Å². The van der Waals surface area contributed by atoms with E-state index in [9.17, 15) is 14.4 Å². The van der Waals surface area contributed by atoms with Crippen LogP contribution in [-0.2, 0) is 14.4 Å². The maximum absolute atomic E-state index is 11.3. The second-order valence-electron chi connectivity index (χ2n) is 3.45. The number of nitrogens with two attached hydrogens (primary N) is 1. The number of carbonyl (C=O) groups excluding carboxylic acids is 1. The summed E-state index contributed by atoms with van der Waals surface area (Å²) in [6.07, 6.45) is -0.360. The zero-order valence-electron chi connectivity index (χ0n) is 9.13. The van der Waals surface area contributed by atoms with Gasteiger partial charge in [0, 0.05) is 19.4 Å². The minimum atomic E-state index is -1.25. The Morgan fingerprint density at radius 3 is 2.12 bits per heavy atom. The summed E-state index contributed by atoms with van der Waals surface area (Å²) in [5, 5.41) is 27.9. The molecule has 0 spiro atoms. The molecule has 8 heteroatoms. The van der Waals surface area contributed by atoms with E-state index >= 15 is 0 Å². The van der Waals surface area contributed by atoms with Crippen molar-refractivity contribution in [2.75, 3.05) is 6.61 Å². The molecule has 0 saturated carbocycles. The Bertz CT molecular complexity index is 293. The van der Waals surface area contributed by atoms with Gasteiger partial charge in [0.2, 0.25) is 5.91 Å². The maximum Gasteiger partial charge on any atom is 0.326 e. The van der Waals surface area contributed by atoms with Gasteiger partial charge in [0.25, 0.3) is 0 Å². The molecule has 0 radical (unpaired) electrons. The molecule has 0 aliphatic rings. The first-order valence-corrected chi connectivity index (χ1v) is 5.00. The van der Waals surface area contributed by atoms with Crippen molar-refractivity contribution in [3.05, 3.63) is 0 Å². The Balaban J connectivity index is 4.06. The first kappa shape index (κ1) is 15.3. The van der Waals surface area contributed by atoms with Crippen LogP contribution in [0.4, 0.5) is 0 Å². The molecule has 1 amide bonds. The van der Waals surface area contributed by atoms with Gasteiger partial charge in [-0.05, 0) is 6.42 Å². The second kappa shape index (κ2) is 7.58. The van der Waals surface area contributed by atoms with Crippen molar-refractivity contribution in [3.63, 3.8) is 0 Å². The average molecular weight is 248 g/mol. The Morgan fingerprint density at radius 1 is 1.12 bits per heavy atom. The van der Waals surface area contributed by atoms with Crippen molar-refractivity contribution < 1.29 is 29.7 Å². The summed E-state index contributed by atoms with van der Waals surface area (Å²) in [5.74, 6) is -3.08. The highest BCUT2D eigenvalue weighted by molar-refractivity contribution is 5.84. The minimum absolute atomic E-state index is 0.0768. The lowest BCUT2D eigenvalue weighted by molar-refractivity contribution is -0.142. The van der Waals surface area contributed by atoms with Crippen molar-refractivity contribution in [3.8, 4) is 0 Å². The van der Waals surface area contributed by atoms with Gasteiger partial charge in [-0.15, -0.1) is 0 Å². The normalized spacial score (nSPS) is 13.8. The molecule has 0 fully saturated rings. The molecule has 6 N–H and O–H groups in total. The molecule has 0 aromatic heterocycles. The van der Waals surface area contributed by atoms with Gasteiger partial charge in [0.05, 0.1) is 0 Å². The molecule has 2 atom stereocenters. The summed E-state index contributed by atoms with van der Waals surface area (Å²) in [7, 11) is 0. The first-order valence-electron chi connectivity index (χ1n) is 5.00. The van der Waals surface area contributed by atoms with Crippen LogP contribution in [-0.4, -0.2) is 51.9 Å². The summed E-state index contributed by atoms with van der Waals surface area (Å²) < 4.78 is 0. The van der Waals surface area contributed by atoms with Crippen LogP contribution in [0.5, 0.6) is 0 Å². The van der Waals surface area contributed by atoms with Gasteiger partial charge in [-0.3, -0.25) is 9.59 Å². The van der Waals surface area contributed by atoms with Crippen LogP contribution in [0.3, 0.4) is 0 Å². The van der Waals surface area contributed by atoms with E-state index in [0.717, 1.165) is 0 Å². The number of aliphatic hydroxyl groups is 1. The Labute approximate surface area is 97.4 Å². The quantitative estimate of drug-likeness (QED) is 0.337. The molecule has 0 saturated heterocycles. The molecule has 98 valence electrons. The van der Waals surface area contributed by atoms with Crippen molar-refractivity contribution in [1.29, 1.82) is 0 Å². The third-order valence-electron chi connectivity index (χ3n) is 2.05. The molecule has 0 bridgehead atoms. The summed E-state index contributed by atoms with van der Waals surface area (Å²) in [5.41, 5.74) is 5.18. The number of hydrogen-bond donors (Lipinski definition) is 5. The summed E-state index contributed by atoms with van der Waals surface area (Å²) in [6.45, 7) is -0.369. The molecule has 0 aromatic carbocycles. The number of aliphatic carboxylic acids is 2. The van der Waals surface area contributed by atoms with Crippen molar-refractivity contribution >= 4 is 17.8 Å². The number of rotatable bonds is 8. The second-order valence-corrected chi connectivity index (χ2v) is 3.45. The third-order valence-corrected chi connectivity index (χ3v) is 2.05. The largest absolute Gasteiger partial charge is 0.480 e. The predicted octanol–water partition coefficient (Wildman–Crippen LogP) is -1.87. The average Bonchev–Trinajstić information content (AvgIpc) is 2.24. The van der Waals surface area contributed by atoms with Crippen LogP contribution in [0.25, 0.3) is 0 Å². The lowest BCUT2D eigenvalue weighted by Crippen LogP contribution is -2.42. The van der Waals surface area contributed by atoms with Crippen LogP contribution >= 0.6 is 0 Å². The topological polar surface area (TPSA) is 150 Å². The van der Waals surface area contributed by atoms with E-state index in [1.54, 1.807) is 0 Å². The number of carboxylic acid groups (broad SMARTS) is 2. The van der Waals surface area contributed by atoms with E-state index in [1.807, 2.05) is 0 Å². The number of amides is 1. The molecule has 0 aliphatic carbocycles. The highest BCUT2D eigenvalue weighted by Gasteiger charge is 2.20. The zero-order valence-corrected chi connectivity index (χ0v) is 9.13. The predicted molar refractivity (Wildman–Crippen MR) is 56.1 cm³/mol. The van der Waals surface area contributed by atoms with E-state index in [0.29, 0.717) is 0 Å². The molecule has 0 aromatic rings. The fraction of sp³-hybridized carbons (Fsp3) is 0.667. The highest BCUT2D eigenvalue weighted by Crippen LogP contribution is 1.98. The van der Waals surface area contributed by atoms with E-state index in [2.05, 4.69) is 5.32 Å². The number of carbonyl (C=O) groups is 3. The summed E-state index contributed by atoms with van der Waals surface area (Å²) in [6, 6.07) is -2.32. The van der Waals surface area contributed by atoms with Gasteiger partial charge >= 0.3 is 11.9 Å². The van der Waals surface area contributed by atoms with Crippen molar-refractivity contribution in [1.82, 2.24) is 5.32 Å². The lowest BCUT2D eigenvalue weighted by atomic mass is 10.1. The number of hydrogen-bond acceptors (Lipinski definition) is 5. The standard InChI is InChI=1S/C9H16N2O6/c10-5(8(14)15)1-2-7(13)11-6(3-4-12)9(16)17/h5-6,12H,1-4,10H2,(H,11,13)(H,14,15)(H,16,17). The van der Waals surface area contributed by atoms with Gasteiger partial charge < -0.3 is 26.4 Å². The van der Waals surface area contributed by atoms with Gasteiger partial charge in [-0.2, -0.15) is 0 Å². The smallest absolute Gasteiger partial charge is 0.326 e. The number of carboxylic acids is 2. The van der Waals surface area contributed by atoms with Crippen molar-refractivity contribution in [2.24, 2.45) is 5.73 Å². The van der Waals surface area contributed by atoms with Gasteiger partial charge in [0.1, 0.15) is 12.1 Å². The maximum atomic E-state index is 11.3. The molecule has 17 heavy (non-hydrogen) atoms. The summed E-state index contributed by atoms with van der Waals surface area (Å²) in [4.78, 5) is 32.2. The lowest BCUT2D eigenvalue weighted by Gasteiger charge is -2.13. The fourth-order valence-electron chi connectivity index (χ4n) is 1.06. The van der Waals surface area contributed by atoms with Crippen molar-refractivity contribution in [2.45, 2.75) is 31.3 Å². The molecule has 0 rings (SSSR count). The third kappa shape index (κ3) is 6.48. The Morgan fingerprint density at radius 2 is 1.71 bits per heavy atom. The van der Waals surface area contributed by atoms with Crippen LogP contribution < -0.4 is 11.1 Å². The van der Waals surface area contributed by atoms with E-state index in [4.69, 9.17) is 21.1 Å². The number of aliphatic hydroxyl groups excluding tert-OH is 1. The van der Waals surface area contributed by atoms with Gasteiger partial charge in [-0.25, -0.2) is 4.79 Å². The van der Waals surface area contributed by atoms with Gasteiger partial charge in [-0.1, -0.05) is 0 Å². The molecule has 0 heterocycles. The SMILES string of the molecule is NC(CCC(=O)NC(CCO)C(=O)O)C(=O)O. The molecular weight excluding hydrogens is 232 g/mol. The molecule has 2 unspecified atom stereocenters. The first-order chi connectivity index (χ1) is 7.88. The zero-order chi connectivity index (χ0) is 13.4. The van der Waals surface area contributed by atoms with E-state index < -0.39 is 29.9 Å². The van der Waals surface area contributed by atoms with Crippen LogP contribution in [0, 0.1) is 0 Å². The summed E-state index contributed by atoms with van der Waals surface area (Å²) >= 11 is 0. The molecule has 0 aliphatic heterocycles. The Hall–Kier alpha value is -1.67. The van der Waals surface area contributed by atoms with E-state index in [-0.39, 0.29) is 25.9 Å². The minimum Gasteiger partial charge on any atom is -0.480 e. The molecular formula is C9H16N2O6. The number of nitrogens with one attached hydrogen (secondary N) is 1. The molecule has 8 nitrogen and oxygen atoms in total. The highest BCUT2D eigenvalue weighted by atomic mass is 16.4. The Kier molecular flexibility index (Phi) is 6.83. The monoisotopic (exact) mass is 248 g/mol. The van der Waals surface area contributed by atoms with E-state index in [1.165, 1.54) is 0 Å².